The third kappa shape index (κ3) is 14.8. The number of allylic oxidation sites excluding steroid dienone is 2. The lowest BCUT2D eigenvalue weighted by Crippen LogP contribution is -2.44. The van der Waals surface area contributed by atoms with E-state index in [0.717, 1.165) is 12.8 Å². The van der Waals surface area contributed by atoms with Gasteiger partial charge < -0.3 is 13.9 Å². The first-order valence-electron chi connectivity index (χ1n) is 11.6. The van der Waals surface area contributed by atoms with Crippen LogP contribution >= 0.6 is 7.60 Å². The Balaban J connectivity index is 3.50. The number of hydrogen-bond donors (Lipinski definition) is 1. The Morgan fingerprint density at radius 2 is 1.29 bits per heavy atom. The quantitative estimate of drug-likeness (QED) is 0.104. The SMILES string of the molecule is C/C=C\CCCCCCCCCCCCCCOP(=O)(O)C(CC)[N+](C)(C)C. The molecule has 0 aliphatic carbocycles. The average molecular weight is 419 g/mol. The van der Waals surface area contributed by atoms with Gasteiger partial charge in [-0.25, -0.2) is 0 Å². The van der Waals surface area contributed by atoms with Gasteiger partial charge in [-0.05, 0) is 26.2 Å². The number of rotatable bonds is 19. The maximum atomic E-state index is 12.5. The molecule has 168 valence electrons. The molecule has 0 rings (SSSR count). The summed E-state index contributed by atoms with van der Waals surface area (Å²) < 4.78 is 18.3. The fourth-order valence-corrected chi connectivity index (χ4v) is 5.70. The standard InChI is InChI=1S/C23H48NO3P/c1-6-8-9-10-11-12-13-14-15-16-17-18-19-20-21-22-27-28(25,26)23(7-2)24(3,4)5/h6,8,23H,7,9-22H2,1-5H3/p+1/b8-6-. The normalized spacial score (nSPS) is 15.8. The summed E-state index contributed by atoms with van der Waals surface area (Å²) in [6, 6.07) is 0. The molecule has 2 atom stereocenters. The highest BCUT2D eigenvalue weighted by Crippen LogP contribution is 2.51. The van der Waals surface area contributed by atoms with Crippen LogP contribution in [0.4, 0.5) is 0 Å². The largest absolute Gasteiger partial charge is 0.385 e. The number of quaternary nitrogens is 1. The molecule has 0 heterocycles. The summed E-state index contributed by atoms with van der Waals surface area (Å²) in [5.74, 6) is -0.347. The maximum absolute atomic E-state index is 12.5. The molecule has 1 N–H and O–H groups in total. The van der Waals surface area contributed by atoms with Crippen molar-refractivity contribution >= 4 is 7.60 Å². The third-order valence-corrected chi connectivity index (χ3v) is 7.78. The van der Waals surface area contributed by atoms with Gasteiger partial charge in [0, 0.05) is 6.42 Å². The van der Waals surface area contributed by atoms with Crippen LogP contribution in [0, 0.1) is 0 Å². The molecule has 0 aliphatic heterocycles. The van der Waals surface area contributed by atoms with Gasteiger partial charge in [0.05, 0.1) is 27.7 Å². The summed E-state index contributed by atoms with van der Waals surface area (Å²) in [6.07, 6.45) is 21.7. The smallest absolute Gasteiger partial charge is 0.320 e. The van der Waals surface area contributed by atoms with Gasteiger partial charge in [-0.3, -0.25) is 4.57 Å². The van der Waals surface area contributed by atoms with E-state index in [4.69, 9.17) is 4.52 Å². The van der Waals surface area contributed by atoms with Gasteiger partial charge in [0.25, 0.3) is 0 Å². The minimum atomic E-state index is -3.54. The number of unbranched alkanes of at least 4 members (excludes halogenated alkanes) is 12. The Bertz CT molecular complexity index is 432. The Labute approximate surface area is 175 Å². The Morgan fingerprint density at radius 3 is 1.68 bits per heavy atom. The van der Waals surface area contributed by atoms with Crippen LogP contribution in [0.2, 0.25) is 0 Å². The summed E-state index contributed by atoms with van der Waals surface area (Å²) in [7, 11) is 2.31. The van der Waals surface area contributed by atoms with Gasteiger partial charge in [0.1, 0.15) is 0 Å². The van der Waals surface area contributed by atoms with Crippen LogP contribution in [-0.2, 0) is 9.09 Å². The Kier molecular flexibility index (Phi) is 16.5. The number of hydrogen-bond acceptors (Lipinski definition) is 2. The van der Waals surface area contributed by atoms with Crippen molar-refractivity contribution in [1.82, 2.24) is 0 Å². The second kappa shape index (κ2) is 16.6. The predicted molar refractivity (Wildman–Crippen MR) is 123 cm³/mol. The molecule has 0 aromatic rings. The van der Waals surface area contributed by atoms with Crippen LogP contribution in [-0.4, -0.2) is 42.9 Å². The topological polar surface area (TPSA) is 46.5 Å². The molecule has 2 unspecified atom stereocenters. The van der Waals surface area contributed by atoms with Crippen LogP contribution in [0.25, 0.3) is 0 Å². The molecule has 0 fully saturated rings. The van der Waals surface area contributed by atoms with Gasteiger partial charge in [0.15, 0.2) is 5.78 Å². The van der Waals surface area contributed by atoms with Crippen molar-refractivity contribution in [1.29, 1.82) is 0 Å². The van der Waals surface area contributed by atoms with Crippen LogP contribution < -0.4 is 0 Å². The van der Waals surface area contributed by atoms with Crippen molar-refractivity contribution in [2.24, 2.45) is 0 Å². The first kappa shape index (κ1) is 27.8. The van der Waals surface area contributed by atoms with Gasteiger partial charge >= 0.3 is 7.60 Å². The molecular formula is C23H49NO3P+. The summed E-state index contributed by atoms with van der Waals surface area (Å²) in [5.41, 5.74) is 0. The Morgan fingerprint density at radius 1 is 0.857 bits per heavy atom. The summed E-state index contributed by atoms with van der Waals surface area (Å²) in [4.78, 5) is 10.2. The fraction of sp³-hybridized carbons (Fsp3) is 0.913. The molecule has 0 radical (unpaired) electrons. The molecule has 0 bridgehead atoms. The van der Waals surface area contributed by atoms with Gasteiger partial charge in [0.2, 0.25) is 0 Å². The highest BCUT2D eigenvalue weighted by atomic mass is 31.2. The third-order valence-electron chi connectivity index (χ3n) is 5.41. The lowest BCUT2D eigenvalue weighted by Gasteiger charge is -2.35. The molecule has 0 aliphatic rings. The van der Waals surface area contributed by atoms with E-state index in [9.17, 15) is 9.46 Å². The molecule has 0 spiro atoms. The predicted octanol–water partition coefficient (Wildman–Crippen LogP) is 7.28. The minimum Gasteiger partial charge on any atom is -0.320 e. The lowest BCUT2D eigenvalue weighted by molar-refractivity contribution is -0.883. The van der Waals surface area contributed by atoms with E-state index in [-0.39, 0.29) is 5.78 Å². The number of nitrogens with zero attached hydrogens (tertiary/aromatic N) is 1. The highest BCUT2D eigenvalue weighted by molar-refractivity contribution is 7.53. The fourth-order valence-electron chi connectivity index (χ4n) is 3.80. The summed E-state index contributed by atoms with van der Waals surface area (Å²) in [5, 5.41) is 0. The molecule has 0 aromatic carbocycles. The van der Waals surface area contributed by atoms with E-state index < -0.39 is 7.60 Å². The van der Waals surface area contributed by atoms with Crippen molar-refractivity contribution in [3.63, 3.8) is 0 Å². The minimum absolute atomic E-state index is 0.347. The molecular weight excluding hydrogens is 369 g/mol. The zero-order valence-corrected chi connectivity index (χ0v) is 20.4. The van der Waals surface area contributed by atoms with Crippen LogP contribution in [0.5, 0.6) is 0 Å². The second-order valence-corrected chi connectivity index (χ2v) is 11.0. The van der Waals surface area contributed by atoms with E-state index in [0.29, 0.717) is 17.5 Å². The molecule has 28 heavy (non-hydrogen) atoms. The first-order valence-corrected chi connectivity index (χ1v) is 13.3. The Hall–Kier alpha value is -0.150. The van der Waals surface area contributed by atoms with E-state index in [1.807, 2.05) is 28.1 Å². The van der Waals surface area contributed by atoms with E-state index in [2.05, 4.69) is 19.1 Å². The van der Waals surface area contributed by atoms with Crippen LogP contribution in [0.3, 0.4) is 0 Å². The molecule has 0 saturated carbocycles. The molecule has 4 nitrogen and oxygen atoms in total. The first-order chi connectivity index (χ1) is 13.3. The second-order valence-electron chi connectivity index (χ2n) is 9.00. The average Bonchev–Trinajstić information content (AvgIpc) is 2.60. The molecule has 0 saturated heterocycles. The van der Waals surface area contributed by atoms with E-state index in [1.165, 1.54) is 70.6 Å². The van der Waals surface area contributed by atoms with Crippen molar-refractivity contribution in [3.05, 3.63) is 12.2 Å². The summed E-state index contributed by atoms with van der Waals surface area (Å²) in [6.45, 7) is 4.44. The highest BCUT2D eigenvalue weighted by Gasteiger charge is 2.41. The monoisotopic (exact) mass is 418 g/mol. The van der Waals surface area contributed by atoms with Crippen molar-refractivity contribution in [3.8, 4) is 0 Å². The zero-order chi connectivity index (χ0) is 21.3. The zero-order valence-electron chi connectivity index (χ0n) is 19.5. The molecule has 5 heteroatoms. The van der Waals surface area contributed by atoms with E-state index >= 15 is 0 Å². The van der Waals surface area contributed by atoms with Gasteiger partial charge in [-0.15, -0.1) is 0 Å². The molecule has 0 amide bonds. The van der Waals surface area contributed by atoms with Crippen LogP contribution in [0.1, 0.15) is 104 Å². The summed E-state index contributed by atoms with van der Waals surface area (Å²) >= 11 is 0. The molecule has 0 aromatic heterocycles. The van der Waals surface area contributed by atoms with Crippen LogP contribution in [0.15, 0.2) is 12.2 Å². The van der Waals surface area contributed by atoms with Crippen molar-refractivity contribution in [2.45, 2.75) is 110 Å². The van der Waals surface area contributed by atoms with Gasteiger partial charge in [-0.1, -0.05) is 83.3 Å². The van der Waals surface area contributed by atoms with E-state index in [1.54, 1.807) is 0 Å². The van der Waals surface area contributed by atoms with Crippen molar-refractivity contribution in [2.75, 3.05) is 27.7 Å². The lowest BCUT2D eigenvalue weighted by atomic mass is 10.0. The van der Waals surface area contributed by atoms with Crippen molar-refractivity contribution < 1.29 is 18.5 Å². The maximum Gasteiger partial charge on any atom is 0.385 e. The van der Waals surface area contributed by atoms with Gasteiger partial charge in [-0.2, -0.15) is 0 Å².